The van der Waals surface area contributed by atoms with Crippen molar-refractivity contribution in [3.05, 3.63) is 65.0 Å². The molecule has 1 aliphatic carbocycles. The van der Waals surface area contributed by atoms with Crippen LogP contribution < -0.4 is 5.32 Å². The molecule has 0 fully saturated rings. The van der Waals surface area contributed by atoms with Gasteiger partial charge in [0, 0.05) is 25.0 Å². The van der Waals surface area contributed by atoms with Crippen molar-refractivity contribution in [3.63, 3.8) is 0 Å². The molecule has 0 saturated carbocycles. The van der Waals surface area contributed by atoms with E-state index in [1.165, 1.54) is 47.9 Å². The van der Waals surface area contributed by atoms with E-state index in [0.29, 0.717) is 6.04 Å². The topological polar surface area (TPSA) is 24.9 Å². The largest absolute Gasteiger partial charge is 0.306 e. The van der Waals surface area contributed by atoms with Crippen molar-refractivity contribution < 1.29 is 0 Å². The number of hydrogen-bond donors (Lipinski definition) is 1. The van der Waals surface area contributed by atoms with Gasteiger partial charge in [0.15, 0.2) is 0 Å². The number of fused-ring (bicyclic) bond motifs is 1. The Morgan fingerprint density at radius 1 is 1.20 bits per heavy atom. The van der Waals surface area contributed by atoms with Crippen molar-refractivity contribution in [2.45, 2.75) is 45.2 Å². The van der Waals surface area contributed by atoms with Crippen molar-refractivity contribution in [2.75, 3.05) is 0 Å². The number of aromatic nitrogens is 1. The fraction of sp³-hybridized carbons (Fsp3) is 0.389. The lowest BCUT2D eigenvalue weighted by Crippen LogP contribution is -2.21. The summed E-state index contributed by atoms with van der Waals surface area (Å²) in [6, 6.07) is 11.5. The zero-order valence-corrected chi connectivity index (χ0v) is 12.1. The Morgan fingerprint density at radius 2 is 2.10 bits per heavy atom. The Bertz CT molecular complexity index is 577. The number of rotatable bonds is 3. The van der Waals surface area contributed by atoms with Gasteiger partial charge in [0.25, 0.3) is 0 Å². The second kappa shape index (κ2) is 6.19. The molecule has 20 heavy (non-hydrogen) atoms. The predicted octanol–water partition coefficient (Wildman–Crippen LogP) is 3.95. The van der Waals surface area contributed by atoms with Crippen molar-refractivity contribution in [3.8, 4) is 0 Å². The maximum absolute atomic E-state index is 4.16. The highest BCUT2D eigenvalue weighted by molar-refractivity contribution is 5.31. The fourth-order valence-corrected chi connectivity index (χ4v) is 3.07. The summed E-state index contributed by atoms with van der Waals surface area (Å²) in [6.07, 6.45) is 8.90. The molecular weight excluding hydrogens is 244 g/mol. The average molecular weight is 266 g/mol. The number of aryl methyl sites for hydroxylation is 2. The summed E-state index contributed by atoms with van der Waals surface area (Å²) in [4.78, 5) is 4.16. The second-order valence-corrected chi connectivity index (χ2v) is 5.68. The summed E-state index contributed by atoms with van der Waals surface area (Å²) in [7, 11) is 0. The molecule has 104 valence electrons. The van der Waals surface area contributed by atoms with Crippen LogP contribution in [-0.2, 0) is 13.0 Å². The van der Waals surface area contributed by atoms with Crippen LogP contribution in [0, 0.1) is 6.92 Å². The summed E-state index contributed by atoms with van der Waals surface area (Å²) < 4.78 is 0. The Hall–Kier alpha value is -1.67. The van der Waals surface area contributed by atoms with Crippen molar-refractivity contribution in [1.82, 2.24) is 10.3 Å². The smallest absolute Gasteiger partial charge is 0.0325 e. The monoisotopic (exact) mass is 266 g/mol. The minimum Gasteiger partial charge on any atom is -0.306 e. The SMILES string of the molecule is Cc1cnccc1CNC1CCCCc2ccccc21. The van der Waals surface area contributed by atoms with Gasteiger partial charge in [0.1, 0.15) is 0 Å². The van der Waals surface area contributed by atoms with Crippen molar-refractivity contribution in [2.24, 2.45) is 0 Å². The number of pyridine rings is 1. The summed E-state index contributed by atoms with van der Waals surface area (Å²) in [5, 5.41) is 3.75. The molecular formula is C18H22N2. The molecule has 3 rings (SSSR count). The highest BCUT2D eigenvalue weighted by atomic mass is 14.9. The lowest BCUT2D eigenvalue weighted by Gasteiger charge is -2.20. The van der Waals surface area contributed by atoms with Gasteiger partial charge in [-0.15, -0.1) is 0 Å². The quantitative estimate of drug-likeness (QED) is 0.851. The zero-order valence-electron chi connectivity index (χ0n) is 12.1. The van der Waals surface area contributed by atoms with E-state index in [1.54, 1.807) is 0 Å². The third kappa shape index (κ3) is 2.91. The van der Waals surface area contributed by atoms with Crippen LogP contribution in [0.3, 0.4) is 0 Å². The molecule has 0 amide bonds. The molecule has 0 bridgehead atoms. The normalized spacial score (nSPS) is 18.4. The van der Waals surface area contributed by atoms with Crippen LogP contribution in [0.2, 0.25) is 0 Å². The summed E-state index contributed by atoms with van der Waals surface area (Å²) in [5.74, 6) is 0. The predicted molar refractivity (Wildman–Crippen MR) is 82.6 cm³/mol. The van der Waals surface area contributed by atoms with Gasteiger partial charge < -0.3 is 5.32 Å². The van der Waals surface area contributed by atoms with Crippen LogP contribution in [0.15, 0.2) is 42.7 Å². The van der Waals surface area contributed by atoms with E-state index < -0.39 is 0 Å². The first-order valence-electron chi connectivity index (χ1n) is 7.55. The van der Waals surface area contributed by atoms with Gasteiger partial charge in [0.05, 0.1) is 0 Å². The van der Waals surface area contributed by atoms with Crippen molar-refractivity contribution in [1.29, 1.82) is 0 Å². The molecule has 1 heterocycles. The molecule has 1 aromatic carbocycles. The number of hydrogen-bond acceptors (Lipinski definition) is 2. The number of nitrogens with one attached hydrogen (secondary N) is 1. The lowest BCUT2D eigenvalue weighted by atomic mass is 9.99. The molecule has 0 radical (unpaired) electrons. The van der Waals surface area contributed by atoms with E-state index in [0.717, 1.165) is 6.54 Å². The van der Waals surface area contributed by atoms with Crippen LogP contribution in [-0.4, -0.2) is 4.98 Å². The van der Waals surface area contributed by atoms with E-state index in [2.05, 4.69) is 47.6 Å². The first kappa shape index (κ1) is 13.3. The van der Waals surface area contributed by atoms with E-state index >= 15 is 0 Å². The summed E-state index contributed by atoms with van der Waals surface area (Å²) >= 11 is 0. The third-order valence-electron chi connectivity index (χ3n) is 4.29. The molecule has 1 aromatic heterocycles. The first-order chi connectivity index (χ1) is 9.84. The first-order valence-corrected chi connectivity index (χ1v) is 7.55. The Labute approximate surface area is 121 Å². The minimum absolute atomic E-state index is 0.487. The lowest BCUT2D eigenvalue weighted by molar-refractivity contribution is 0.488. The molecule has 1 unspecified atom stereocenters. The van der Waals surface area contributed by atoms with Gasteiger partial charge in [-0.3, -0.25) is 4.98 Å². The Morgan fingerprint density at radius 3 is 3.00 bits per heavy atom. The van der Waals surface area contributed by atoms with Crippen LogP contribution in [0.4, 0.5) is 0 Å². The summed E-state index contributed by atoms with van der Waals surface area (Å²) in [6.45, 7) is 3.05. The maximum Gasteiger partial charge on any atom is 0.0325 e. The molecule has 0 aliphatic heterocycles. The highest BCUT2D eigenvalue weighted by Crippen LogP contribution is 2.28. The van der Waals surface area contributed by atoms with Crippen LogP contribution in [0.5, 0.6) is 0 Å². The standard InChI is InChI=1S/C18H22N2/c1-14-12-19-11-10-16(14)13-20-18-9-5-3-7-15-6-2-4-8-17(15)18/h2,4,6,8,10-12,18,20H,3,5,7,9,13H2,1H3. The van der Waals surface area contributed by atoms with Gasteiger partial charge in [-0.1, -0.05) is 30.7 Å². The highest BCUT2D eigenvalue weighted by Gasteiger charge is 2.17. The van der Waals surface area contributed by atoms with Gasteiger partial charge in [-0.05, 0) is 54.5 Å². The van der Waals surface area contributed by atoms with E-state index in [-0.39, 0.29) is 0 Å². The third-order valence-corrected chi connectivity index (χ3v) is 4.29. The second-order valence-electron chi connectivity index (χ2n) is 5.68. The van der Waals surface area contributed by atoms with E-state index in [9.17, 15) is 0 Å². The van der Waals surface area contributed by atoms with Crippen LogP contribution >= 0.6 is 0 Å². The Kier molecular flexibility index (Phi) is 4.12. The number of benzene rings is 1. The number of nitrogens with zero attached hydrogens (tertiary/aromatic N) is 1. The zero-order chi connectivity index (χ0) is 13.8. The molecule has 2 heteroatoms. The fourth-order valence-electron chi connectivity index (χ4n) is 3.07. The van der Waals surface area contributed by atoms with Crippen LogP contribution in [0.25, 0.3) is 0 Å². The summed E-state index contributed by atoms with van der Waals surface area (Å²) in [5.41, 5.74) is 5.63. The van der Waals surface area contributed by atoms with Gasteiger partial charge >= 0.3 is 0 Å². The van der Waals surface area contributed by atoms with Crippen LogP contribution in [0.1, 0.15) is 47.6 Å². The maximum atomic E-state index is 4.16. The molecule has 2 nitrogen and oxygen atoms in total. The molecule has 0 spiro atoms. The van der Waals surface area contributed by atoms with Crippen molar-refractivity contribution >= 4 is 0 Å². The van der Waals surface area contributed by atoms with Gasteiger partial charge in [0.2, 0.25) is 0 Å². The molecule has 2 aromatic rings. The molecule has 1 N–H and O–H groups in total. The molecule has 0 saturated heterocycles. The van der Waals surface area contributed by atoms with E-state index in [1.807, 2.05) is 12.4 Å². The molecule has 1 aliphatic rings. The average Bonchev–Trinajstić information content (AvgIpc) is 2.69. The Balaban J connectivity index is 1.76. The minimum atomic E-state index is 0.487. The van der Waals surface area contributed by atoms with Gasteiger partial charge in [-0.2, -0.15) is 0 Å². The van der Waals surface area contributed by atoms with E-state index in [4.69, 9.17) is 0 Å². The molecule has 1 atom stereocenters. The van der Waals surface area contributed by atoms with Gasteiger partial charge in [-0.25, -0.2) is 0 Å².